The van der Waals surface area contributed by atoms with Gasteiger partial charge in [0.1, 0.15) is 5.69 Å². The van der Waals surface area contributed by atoms with E-state index in [1.165, 1.54) is 12.1 Å². The summed E-state index contributed by atoms with van der Waals surface area (Å²) in [5, 5.41) is 28.2. The molecule has 0 atom stereocenters. The lowest BCUT2D eigenvalue weighted by atomic mass is 10.1. The first kappa shape index (κ1) is 14.9. The highest BCUT2D eigenvalue weighted by Gasteiger charge is 2.09. The van der Waals surface area contributed by atoms with Crippen LogP contribution in [0.25, 0.3) is 11.3 Å². The van der Waals surface area contributed by atoms with Crippen LogP contribution in [0.4, 0.5) is 5.69 Å². The zero-order valence-electron chi connectivity index (χ0n) is 12.2. The average Bonchev–Trinajstić information content (AvgIpc) is 3.03. The number of nitro groups is 1. The molecule has 0 spiro atoms. The third-order valence-corrected chi connectivity index (χ3v) is 3.49. The lowest BCUT2D eigenvalue weighted by Crippen LogP contribution is -2.00. The Labute approximate surface area is 132 Å². The van der Waals surface area contributed by atoms with Gasteiger partial charge in [-0.3, -0.25) is 10.1 Å². The smallest absolute Gasteiger partial charge is 0.269 e. The molecular formula is C16H14N4O3. The van der Waals surface area contributed by atoms with Crippen molar-refractivity contribution in [2.45, 2.75) is 13.2 Å². The van der Waals surface area contributed by atoms with Crippen LogP contribution in [0, 0.1) is 10.1 Å². The minimum Gasteiger partial charge on any atom is -0.392 e. The van der Waals surface area contributed by atoms with Gasteiger partial charge < -0.3 is 5.11 Å². The standard InChI is InChI=1S/C16H14N4O3/c21-11-13-3-1-2-4-15(13)16-10-19(18-17-16)9-12-5-7-14(8-6-12)20(22)23/h1-8,10,21H,9,11H2. The maximum atomic E-state index is 10.6. The molecule has 0 amide bonds. The predicted octanol–water partition coefficient (Wildman–Crippen LogP) is 2.39. The summed E-state index contributed by atoms with van der Waals surface area (Å²) in [4.78, 5) is 10.2. The summed E-state index contributed by atoms with van der Waals surface area (Å²) < 4.78 is 1.66. The Morgan fingerprint density at radius 1 is 1.13 bits per heavy atom. The fourth-order valence-electron chi connectivity index (χ4n) is 2.32. The fraction of sp³-hybridized carbons (Fsp3) is 0.125. The van der Waals surface area contributed by atoms with E-state index in [2.05, 4.69) is 10.3 Å². The molecule has 3 rings (SSSR count). The molecule has 0 unspecified atom stereocenters. The number of benzene rings is 2. The number of nitro benzene ring substituents is 1. The van der Waals surface area contributed by atoms with Crippen LogP contribution in [-0.2, 0) is 13.2 Å². The van der Waals surface area contributed by atoms with Crippen molar-refractivity contribution in [3.05, 3.63) is 76.0 Å². The number of rotatable bonds is 5. The fourth-order valence-corrected chi connectivity index (χ4v) is 2.32. The first-order valence-corrected chi connectivity index (χ1v) is 7.00. The molecule has 0 aliphatic rings. The van der Waals surface area contributed by atoms with Gasteiger partial charge in [0.25, 0.3) is 5.69 Å². The largest absolute Gasteiger partial charge is 0.392 e. The van der Waals surface area contributed by atoms with E-state index in [9.17, 15) is 15.2 Å². The number of aliphatic hydroxyl groups is 1. The summed E-state index contributed by atoms with van der Waals surface area (Å²) in [7, 11) is 0. The maximum absolute atomic E-state index is 10.6. The third-order valence-electron chi connectivity index (χ3n) is 3.49. The van der Waals surface area contributed by atoms with E-state index in [-0.39, 0.29) is 12.3 Å². The molecule has 0 aliphatic heterocycles. The zero-order valence-corrected chi connectivity index (χ0v) is 12.2. The van der Waals surface area contributed by atoms with Gasteiger partial charge >= 0.3 is 0 Å². The summed E-state index contributed by atoms with van der Waals surface area (Å²) in [6.45, 7) is 0.400. The highest BCUT2D eigenvalue weighted by molar-refractivity contribution is 5.62. The van der Waals surface area contributed by atoms with E-state index < -0.39 is 4.92 Å². The summed E-state index contributed by atoms with van der Waals surface area (Å²) >= 11 is 0. The molecule has 1 aromatic heterocycles. The van der Waals surface area contributed by atoms with E-state index >= 15 is 0 Å². The molecule has 3 aromatic rings. The van der Waals surface area contributed by atoms with Gasteiger partial charge in [-0.15, -0.1) is 5.10 Å². The van der Waals surface area contributed by atoms with Crippen molar-refractivity contribution in [1.82, 2.24) is 15.0 Å². The Balaban J connectivity index is 1.80. The Hall–Kier alpha value is -3.06. The van der Waals surface area contributed by atoms with E-state index in [4.69, 9.17) is 0 Å². The average molecular weight is 310 g/mol. The van der Waals surface area contributed by atoms with Crippen molar-refractivity contribution in [1.29, 1.82) is 0 Å². The molecule has 23 heavy (non-hydrogen) atoms. The van der Waals surface area contributed by atoms with Crippen molar-refractivity contribution >= 4 is 5.69 Å². The molecule has 116 valence electrons. The molecule has 1 N–H and O–H groups in total. The minimum absolute atomic E-state index is 0.0601. The second-order valence-corrected chi connectivity index (χ2v) is 5.04. The third kappa shape index (κ3) is 3.24. The highest BCUT2D eigenvalue weighted by atomic mass is 16.6. The Bertz CT molecular complexity index is 827. The van der Waals surface area contributed by atoms with Gasteiger partial charge in [-0.05, 0) is 11.1 Å². The van der Waals surface area contributed by atoms with Gasteiger partial charge in [-0.2, -0.15) is 0 Å². The predicted molar refractivity (Wildman–Crippen MR) is 83.6 cm³/mol. The Morgan fingerprint density at radius 2 is 1.87 bits per heavy atom. The SMILES string of the molecule is O=[N+]([O-])c1ccc(Cn2cc(-c3ccccc3CO)nn2)cc1. The molecule has 0 saturated carbocycles. The summed E-state index contributed by atoms with van der Waals surface area (Å²) in [5.74, 6) is 0. The molecule has 7 nitrogen and oxygen atoms in total. The lowest BCUT2D eigenvalue weighted by Gasteiger charge is -2.03. The van der Waals surface area contributed by atoms with Crippen LogP contribution in [0.5, 0.6) is 0 Å². The second-order valence-electron chi connectivity index (χ2n) is 5.04. The number of nitrogens with zero attached hydrogens (tertiary/aromatic N) is 4. The van der Waals surface area contributed by atoms with E-state index in [0.717, 1.165) is 16.7 Å². The van der Waals surface area contributed by atoms with Crippen LogP contribution < -0.4 is 0 Å². The molecule has 0 radical (unpaired) electrons. The molecule has 1 heterocycles. The number of non-ortho nitro benzene ring substituents is 1. The minimum atomic E-state index is -0.427. The quantitative estimate of drug-likeness (QED) is 0.577. The lowest BCUT2D eigenvalue weighted by molar-refractivity contribution is -0.384. The summed E-state index contributed by atoms with van der Waals surface area (Å²) in [6, 6.07) is 13.8. The van der Waals surface area contributed by atoms with E-state index in [1.54, 1.807) is 23.0 Å². The molecule has 0 aliphatic carbocycles. The Kier molecular flexibility index (Phi) is 4.11. The van der Waals surface area contributed by atoms with Crippen molar-refractivity contribution < 1.29 is 10.0 Å². The van der Waals surface area contributed by atoms with Crippen LogP contribution in [0.15, 0.2) is 54.7 Å². The van der Waals surface area contributed by atoms with Crippen LogP contribution >= 0.6 is 0 Å². The van der Waals surface area contributed by atoms with Gasteiger partial charge in [0, 0.05) is 17.7 Å². The van der Waals surface area contributed by atoms with Gasteiger partial charge in [0.05, 0.1) is 24.3 Å². The normalized spacial score (nSPS) is 10.7. The molecule has 2 aromatic carbocycles. The van der Waals surface area contributed by atoms with Crippen LogP contribution in [0.1, 0.15) is 11.1 Å². The highest BCUT2D eigenvalue weighted by Crippen LogP contribution is 2.21. The number of hydrogen-bond acceptors (Lipinski definition) is 5. The topological polar surface area (TPSA) is 94.1 Å². The monoisotopic (exact) mass is 310 g/mol. The van der Waals surface area contributed by atoms with Crippen molar-refractivity contribution in [3.8, 4) is 11.3 Å². The second kappa shape index (κ2) is 6.37. The molecule has 0 bridgehead atoms. The molecular weight excluding hydrogens is 296 g/mol. The van der Waals surface area contributed by atoms with Gasteiger partial charge in [0.2, 0.25) is 0 Å². The van der Waals surface area contributed by atoms with Crippen molar-refractivity contribution in [3.63, 3.8) is 0 Å². The number of aliphatic hydroxyl groups excluding tert-OH is 1. The van der Waals surface area contributed by atoms with Gasteiger partial charge in [0.15, 0.2) is 0 Å². The Morgan fingerprint density at radius 3 is 2.57 bits per heavy atom. The number of hydrogen-bond donors (Lipinski definition) is 1. The van der Waals surface area contributed by atoms with E-state index in [0.29, 0.717) is 12.2 Å². The maximum Gasteiger partial charge on any atom is 0.269 e. The number of aromatic nitrogens is 3. The van der Waals surface area contributed by atoms with E-state index in [1.807, 2.05) is 24.3 Å². The first-order valence-electron chi connectivity index (χ1n) is 7.00. The van der Waals surface area contributed by atoms with Gasteiger partial charge in [-0.1, -0.05) is 41.6 Å². The van der Waals surface area contributed by atoms with Crippen molar-refractivity contribution in [2.24, 2.45) is 0 Å². The van der Waals surface area contributed by atoms with Crippen LogP contribution in [0.2, 0.25) is 0 Å². The van der Waals surface area contributed by atoms with Gasteiger partial charge in [-0.25, -0.2) is 4.68 Å². The summed E-state index contributed by atoms with van der Waals surface area (Å²) in [6.07, 6.45) is 1.79. The molecule has 7 heteroatoms. The summed E-state index contributed by atoms with van der Waals surface area (Å²) in [5.41, 5.74) is 3.25. The van der Waals surface area contributed by atoms with Crippen molar-refractivity contribution in [2.75, 3.05) is 0 Å². The van der Waals surface area contributed by atoms with Crippen LogP contribution in [-0.4, -0.2) is 25.0 Å². The zero-order chi connectivity index (χ0) is 16.2. The first-order chi connectivity index (χ1) is 11.2. The molecule has 0 fully saturated rings. The molecule has 0 saturated heterocycles. The van der Waals surface area contributed by atoms with Crippen LogP contribution in [0.3, 0.4) is 0 Å².